The van der Waals surface area contributed by atoms with Gasteiger partial charge < -0.3 is 10.2 Å². The lowest BCUT2D eigenvalue weighted by atomic mass is 9.87. The monoisotopic (exact) mass is 406 g/mol. The van der Waals surface area contributed by atoms with Crippen molar-refractivity contribution in [1.29, 1.82) is 0 Å². The number of rotatable bonds is 5. The Kier molecular flexibility index (Phi) is 6.75. The van der Waals surface area contributed by atoms with E-state index in [0.717, 1.165) is 25.7 Å². The number of hydrogen-bond donors (Lipinski definition) is 1. The number of hydrogen-bond acceptors (Lipinski definition) is 4. The maximum atomic E-state index is 12.7. The molecule has 1 saturated carbocycles. The van der Waals surface area contributed by atoms with Crippen LogP contribution >= 0.6 is 0 Å². The summed E-state index contributed by atoms with van der Waals surface area (Å²) < 4.78 is 24.5. The molecule has 1 aromatic rings. The Bertz CT molecular complexity index is 807. The van der Waals surface area contributed by atoms with Crippen LogP contribution < -0.4 is 5.32 Å². The summed E-state index contributed by atoms with van der Waals surface area (Å²) in [5.74, 6) is 0.0402. The molecule has 2 amide bonds. The van der Waals surface area contributed by atoms with E-state index in [1.807, 2.05) is 4.90 Å². The van der Waals surface area contributed by atoms with Crippen LogP contribution in [0.1, 0.15) is 62.2 Å². The molecule has 2 aliphatic rings. The zero-order chi connectivity index (χ0) is 20.1. The number of piperidine rings is 1. The molecule has 6 nitrogen and oxygen atoms in total. The summed E-state index contributed by atoms with van der Waals surface area (Å²) in [5, 5.41) is 2.97. The predicted molar refractivity (Wildman–Crippen MR) is 108 cm³/mol. The lowest BCUT2D eigenvalue weighted by molar-refractivity contribution is -0.137. The van der Waals surface area contributed by atoms with Crippen LogP contribution in [0.2, 0.25) is 0 Å². The first-order chi connectivity index (χ1) is 13.4. The molecule has 1 heterocycles. The first kappa shape index (κ1) is 20.8. The summed E-state index contributed by atoms with van der Waals surface area (Å²) >= 11 is 0. The van der Waals surface area contributed by atoms with Crippen molar-refractivity contribution in [2.45, 2.75) is 62.8 Å². The van der Waals surface area contributed by atoms with E-state index in [1.165, 1.54) is 12.5 Å². The Hall–Kier alpha value is -1.89. The quantitative estimate of drug-likeness (QED) is 0.815. The Morgan fingerprint density at radius 1 is 1.04 bits per heavy atom. The molecule has 3 rings (SSSR count). The molecule has 1 aliphatic heterocycles. The topological polar surface area (TPSA) is 83.6 Å². The van der Waals surface area contributed by atoms with Crippen molar-refractivity contribution in [3.63, 3.8) is 0 Å². The summed E-state index contributed by atoms with van der Waals surface area (Å²) in [6.07, 6.45) is 6.91. The second kappa shape index (κ2) is 9.07. The summed E-state index contributed by atoms with van der Waals surface area (Å²) in [6, 6.07) is 6.31. The summed E-state index contributed by atoms with van der Waals surface area (Å²) in [5.41, 5.74) is 0.199. The Labute approximate surface area is 167 Å². The fraction of sp³-hybridized carbons (Fsp3) is 0.619. The van der Waals surface area contributed by atoms with E-state index < -0.39 is 9.84 Å². The van der Waals surface area contributed by atoms with Crippen LogP contribution in [0.3, 0.4) is 0 Å². The molecular weight excluding hydrogens is 376 g/mol. The van der Waals surface area contributed by atoms with Gasteiger partial charge in [-0.05, 0) is 37.8 Å². The lowest BCUT2D eigenvalue weighted by Gasteiger charge is -2.35. The highest BCUT2D eigenvalue weighted by Crippen LogP contribution is 2.27. The number of benzene rings is 1. The molecule has 7 heteroatoms. The average molecular weight is 407 g/mol. The molecule has 1 aromatic carbocycles. The fourth-order valence-electron chi connectivity index (χ4n) is 4.20. The van der Waals surface area contributed by atoms with Gasteiger partial charge in [0, 0.05) is 25.0 Å². The fourth-order valence-corrected chi connectivity index (χ4v) is 5.29. The van der Waals surface area contributed by atoms with E-state index in [0.29, 0.717) is 25.9 Å². The summed E-state index contributed by atoms with van der Waals surface area (Å²) in [6.45, 7) is 2.87. The summed E-state index contributed by atoms with van der Waals surface area (Å²) in [4.78, 5) is 27.4. The Morgan fingerprint density at radius 2 is 1.68 bits per heavy atom. The van der Waals surface area contributed by atoms with Gasteiger partial charge in [0.2, 0.25) is 5.91 Å². The molecule has 1 saturated heterocycles. The molecule has 1 N–H and O–H groups in total. The van der Waals surface area contributed by atoms with Crippen LogP contribution in [0.15, 0.2) is 29.2 Å². The van der Waals surface area contributed by atoms with Crippen LogP contribution in [-0.4, -0.2) is 50.0 Å². The van der Waals surface area contributed by atoms with Gasteiger partial charge >= 0.3 is 0 Å². The smallest absolute Gasteiger partial charge is 0.252 e. The van der Waals surface area contributed by atoms with Crippen LogP contribution in [0, 0.1) is 5.92 Å². The van der Waals surface area contributed by atoms with Gasteiger partial charge in [-0.15, -0.1) is 0 Å². The number of carbonyl (C=O) groups is 2. The molecule has 28 heavy (non-hydrogen) atoms. The molecule has 0 bridgehead atoms. The molecule has 0 unspecified atom stereocenters. The Balaban J connectivity index is 1.58. The van der Waals surface area contributed by atoms with E-state index in [-0.39, 0.29) is 40.0 Å². The van der Waals surface area contributed by atoms with Crippen LogP contribution in [0.5, 0.6) is 0 Å². The number of carbonyl (C=O) groups excluding carboxylic acids is 2. The summed E-state index contributed by atoms with van der Waals surface area (Å²) in [7, 11) is -3.46. The second-order valence-corrected chi connectivity index (χ2v) is 10.1. The predicted octanol–water partition coefficient (Wildman–Crippen LogP) is 2.78. The van der Waals surface area contributed by atoms with E-state index in [4.69, 9.17) is 0 Å². The van der Waals surface area contributed by atoms with Crippen molar-refractivity contribution in [2.75, 3.05) is 18.8 Å². The maximum absolute atomic E-state index is 12.7. The highest BCUT2D eigenvalue weighted by atomic mass is 32.2. The molecule has 0 radical (unpaired) electrons. The normalized spacial score (nSPS) is 19.4. The molecule has 0 aromatic heterocycles. The van der Waals surface area contributed by atoms with E-state index >= 15 is 0 Å². The van der Waals surface area contributed by atoms with Crippen LogP contribution in [-0.2, 0) is 14.6 Å². The van der Waals surface area contributed by atoms with Gasteiger partial charge in [-0.1, -0.05) is 38.3 Å². The number of likely N-dealkylation sites (tertiary alicyclic amines) is 1. The molecule has 2 fully saturated rings. The second-order valence-electron chi connectivity index (χ2n) is 7.81. The minimum atomic E-state index is -3.46. The van der Waals surface area contributed by atoms with Gasteiger partial charge in [0.25, 0.3) is 5.91 Å². The van der Waals surface area contributed by atoms with Gasteiger partial charge in [-0.2, -0.15) is 0 Å². The molecule has 0 spiro atoms. The van der Waals surface area contributed by atoms with Crippen molar-refractivity contribution >= 4 is 21.7 Å². The van der Waals surface area contributed by atoms with Gasteiger partial charge in [-0.25, -0.2) is 8.42 Å². The molecular formula is C21H30N2O4S. The van der Waals surface area contributed by atoms with E-state index in [9.17, 15) is 18.0 Å². The molecule has 154 valence electrons. The van der Waals surface area contributed by atoms with Gasteiger partial charge in [0.15, 0.2) is 9.84 Å². The van der Waals surface area contributed by atoms with Gasteiger partial charge in [0.1, 0.15) is 0 Å². The largest absolute Gasteiger partial charge is 0.349 e. The van der Waals surface area contributed by atoms with Crippen molar-refractivity contribution in [2.24, 2.45) is 5.92 Å². The highest BCUT2D eigenvalue weighted by molar-refractivity contribution is 7.91. The average Bonchev–Trinajstić information content (AvgIpc) is 2.74. The third-order valence-electron chi connectivity index (χ3n) is 5.94. The van der Waals surface area contributed by atoms with Crippen molar-refractivity contribution in [3.8, 4) is 0 Å². The van der Waals surface area contributed by atoms with Crippen molar-refractivity contribution in [1.82, 2.24) is 10.2 Å². The van der Waals surface area contributed by atoms with Crippen molar-refractivity contribution in [3.05, 3.63) is 29.8 Å². The number of nitrogens with zero attached hydrogens (tertiary/aromatic N) is 1. The molecule has 1 aliphatic carbocycles. The highest BCUT2D eigenvalue weighted by Gasteiger charge is 2.30. The van der Waals surface area contributed by atoms with E-state index in [1.54, 1.807) is 25.1 Å². The number of amides is 2. The van der Waals surface area contributed by atoms with Gasteiger partial charge in [-0.3, -0.25) is 9.59 Å². The van der Waals surface area contributed by atoms with E-state index in [2.05, 4.69) is 5.32 Å². The standard InChI is InChI=1S/C21H30N2O4S/c1-2-28(26,27)19-11-7-6-10-18(19)20(24)22-17-12-14-23(15-13-17)21(25)16-8-4-3-5-9-16/h6-7,10-11,16-17H,2-5,8-9,12-15H2,1H3,(H,22,24). The zero-order valence-electron chi connectivity index (χ0n) is 16.5. The SMILES string of the molecule is CCS(=O)(=O)c1ccccc1C(=O)NC1CCN(C(=O)C2CCCCC2)CC1. The van der Waals surface area contributed by atoms with Crippen LogP contribution in [0.25, 0.3) is 0 Å². The third-order valence-corrected chi connectivity index (χ3v) is 7.73. The minimum absolute atomic E-state index is 0.0414. The first-order valence-electron chi connectivity index (χ1n) is 10.3. The number of sulfone groups is 1. The van der Waals surface area contributed by atoms with Crippen LogP contribution in [0.4, 0.5) is 0 Å². The zero-order valence-corrected chi connectivity index (χ0v) is 17.3. The number of nitrogens with one attached hydrogen (secondary N) is 1. The lowest BCUT2D eigenvalue weighted by Crippen LogP contribution is -2.48. The molecule has 0 atom stereocenters. The maximum Gasteiger partial charge on any atom is 0.252 e. The minimum Gasteiger partial charge on any atom is -0.349 e. The van der Waals surface area contributed by atoms with Gasteiger partial charge in [0.05, 0.1) is 16.2 Å². The van der Waals surface area contributed by atoms with Crippen molar-refractivity contribution < 1.29 is 18.0 Å². The third kappa shape index (κ3) is 4.74. The first-order valence-corrected chi connectivity index (χ1v) is 12.0. The Morgan fingerprint density at radius 3 is 2.32 bits per heavy atom.